The molecule has 0 saturated carbocycles. The van der Waals surface area contributed by atoms with Crippen LogP contribution in [-0.4, -0.2) is 15.3 Å². The first-order chi connectivity index (χ1) is 8.37. The zero-order chi connectivity index (χ0) is 13.1. The molecule has 94 valence electrons. The summed E-state index contributed by atoms with van der Waals surface area (Å²) >= 11 is 0. The highest BCUT2D eigenvalue weighted by Gasteiger charge is 2.49. The molecule has 18 heavy (non-hydrogen) atoms. The highest BCUT2D eigenvalue weighted by molar-refractivity contribution is 5.85. The van der Waals surface area contributed by atoms with Crippen molar-refractivity contribution in [3.8, 4) is 0 Å². The van der Waals surface area contributed by atoms with Crippen molar-refractivity contribution in [1.82, 2.24) is 10.0 Å². The molecule has 0 spiro atoms. The van der Waals surface area contributed by atoms with Crippen LogP contribution in [0.2, 0.25) is 0 Å². The van der Waals surface area contributed by atoms with Gasteiger partial charge in [-0.25, -0.2) is 0 Å². The summed E-state index contributed by atoms with van der Waals surface area (Å²) in [6, 6.07) is 8.11. The molecule has 1 aliphatic heterocycles. The van der Waals surface area contributed by atoms with E-state index in [1.807, 2.05) is 52.1 Å². The van der Waals surface area contributed by atoms with Gasteiger partial charge in [0.05, 0.1) is 16.6 Å². The zero-order valence-electron chi connectivity index (χ0n) is 11.2. The van der Waals surface area contributed by atoms with Crippen LogP contribution in [0.5, 0.6) is 0 Å². The third-order valence-corrected chi connectivity index (χ3v) is 4.11. The summed E-state index contributed by atoms with van der Waals surface area (Å²) < 4.78 is 0. The lowest BCUT2D eigenvalue weighted by atomic mass is 9.89. The van der Waals surface area contributed by atoms with Crippen molar-refractivity contribution in [2.45, 2.75) is 38.8 Å². The molecule has 1 aromatic heterocycles. The molecule has 1 aliphatic rings. The lowest BCUT2D eigenvalue weighted by Gasteiger charge is -2.34. The van der Waals surface area contributed by atoms with Crippen LogP contribution in [0.15, 0.2) is 30.5 Å². The molecule has 0 radical (unpaired) electrons. The van der Waals surface area contributed by atoms with E-state index in [9.17, 15) is 5.21 Å². The minimum atomic E-state index is -0.407. The molecule has 0 atom stereocenters. The Balaban J connectivity index is 2.46. The van der Waals surface area contributed by atoms with Gasteiger partial charge in [-0.15, -0.1) is 0 Å². The molecule has 0 bridgehead atoms. The molecule has 0 unspecified atom stereocenters. The van der Waals surface area contributed by atoms with E-state index >= 15 is 0 Å². The SMILES string of the molecule is CC1(C)c2cnc3ccccc3c2C(C)(C)N1O. The molecule has 2 heterocycles. The van der Waals surface area contributed by atoms with Crippen LogP contribution in [0.3, 0.4) is 0 Å². The number of fused-ring (bicyclic) bond motifs is 3. The number of hydrogen-bond donors (Lipinski definition) is 1. The van der Waals surface area contributed by atoms with Gasteiger partial charge >= 0.3 is 0 Å². The van der Waals surface area contributed by atoms with Gasteiger partial charge in [0, 0.05) is 11.6 Å². The van der Waals surface area contributed by atoms with Crippen LogP contribution in [-0.2, 0) is 11.1 Å². The summed E-state index contributed by atoms with van der Waals surface area (Å²) in [7, 11) is 0. The molecule has 3 heteroatoms. The van der Waals surface area contributed by atoms with Crippen molar-refractivity contribution in [3.05, 3.63) is 41.6 Å². The summed E-state index contributed by atoms with van der Waals surface area (Å²) in [5.41, 5.74) is 2.46. The number of nitrogens with zero attached hydrogens (tertiary/aromatic N) is 2. The lowest BCUT2D eigenvalue weighted by molar-refractivity contribution is -0.216. The smallest absolute Gasteiger partial charge is 0.0705 e. The molecule has 0 saturated heterocycles. The minimum Gasteiger partial charge on any atom is -0.312 e. The topological polar surface area (TPSA) is 36.4 Å². The van der Waals surface area contributed by atoms with E-state index in [0.717, 1.165) is 16.5 Å². The van der Waals surface area contributed by atoms with E-state index in [4.69, 9.17) is 0 Å². The first-order valence-electron chi connectivity index (χ1n) is 6.25. The van der Waals surface area contributed by atoms with Crippen molar-refractivity contribution in [1.29, 1.82) is 0 Å². The van der Waals surface area contributed by atoms with Crippen LogP contribution in [0.1, 0.15) is 38.8 Å². The third-order valence-electron chi connectivity index (χ3n) is 4.11. The molecule has 3 nitrogen and oxygen atoms in total. The molecule has 2 aromatic rings. The molecule has 0 amide bonds. The number of para-hydroxylation sites is 1. The summed E-state index contributed by atoms with van der Waals surface area (Å²) in [6.45, 7) is 8.15. The maximum absolute atomic E-state index is 10.5. The highest BCUT2D eigenvalue weighted by Crippen LogP contribution is 2.49. The Kier molecular flexibility index (Phi) is 2.14. The maximum atomic E-state index is 10.5. The second kappa shape index (κ2) is 3.31. The average molecular weight is 242 g/mol. The first kappa shape index (κ1) is 11.6. The Morgan fingerprint density at radius 1 is 1.06 bits per heavy atom. The van der Waals surface area contributed by atoms with Crippen molar-refractivity contribution < 1.29 is 5.21 Å². The number of hydroxylamine groups is 2. The fraction of sp³-hybridized carbons (Fsp3) is 0.400. The van der Waals surface area contributed by atoms with Crippen LogP contribution < -0.4 is 0 Å². The summed E-state index contributed by atoms with van der Waals surface area (Å²) in [5, 5.41) is 13.0. The molecule has 1 N–H and O–H groups in total. The summed E-state index contributed by atoms with van der Waals surface area (Å²) in [5.74, 6) is 0. The Morgan fingerprint density at radius 3 is 2.44 bits per heavy atom. The molecule has 0 aliphatic carbocycles. The molecular formula is C15H18N2O. The minimum absolute atomic E-state index is 0.401. The van der Waals surface area contributed by atoms with Crippen LogP contribution in [0, 0.1) is 0 Å². The van der Waals surface area contributed by atoms with Gasteiger partial charge in [-0.05, 0) is 44.9 Å². The summed E-state index contributed by atoms with van der Waals surface area (Å²) in [6.07, 6.45) is 1.90. The van der Waals surface area contributed by atoms with E-state index < -0.39 is 11.1 Å². The van der Waals surface area contributed by atoms with E-state index in [0.29, 0.717) is 0 Å². The Labute approximate surface area is 107 Å². The van der Waals surface area contributed by atoms with Gasteiger partial charge in [0.15, 0.2) is 0 Å². The fourth-order valence-corrected chi connectivity index (χ4v) is 3.18. The lowest BCUT2D eigenvalue weighted by Crippen LogP contribution is -2.42. The van der Waals surface area contributed by atoms with Gasteiger partial charge in [0.25, 0.3) is 0 Å². The van der Waals surface area contributed by atoms with Gasteiger partial charge < -0.3 is 5.21 Å². The van der Waals surface area contributed by atoms with E-state index in [1.54, 1.807) is 0 Å². The van der Waals surface area contributed by atoms with Crippen molar-refractivity contribution in [3.63, 3.8) is 0 Å². The predicted molar refractivity (Wildman–Crippen MR) is 71.4 cm³/mol. The normalized spacial score (nSPS) is 21.2. The number of hydrogen-bond acceptors (Lipinski definition) is 3. The maximum Gasteiger partial charge on any atom is 0.0705 e. The molecular weight excluding hydrogens is 224 g/mol. The van der Waals surface area contributed by atoms with Crippen LogP contribution in [0.25, 0.3) is 10.9 Å². The largest absolute Gasteiger partial charge is 0.312 e. The third kappa shape index (κ3) is 1.23. The van der Waals surface area contributed by atoms with E-state index in [1.165, 1.54) is 10.6 Å². The number of pyridine rings is 1. The van der Waals surface area contributed by atoms with E-state index in [-0.39, 0.29) is 0 Å². The van der Waals surface area contributed by atoms with Crippen LogP contribution in [0.4, 0.5) is 0 Å². The number of rotatable bonds is 0. The van der Waals surface area contributed by atoms with Gasteiger partial charge in [0.2, 0.25) is 0 Å². The predicted octanol–water partition coefficient (Wildman–Crippen LogP) is 3.41. The first-order valence-corrected chi connectivity index (χ1v) is 6.25. The molecule has 1 aromatic carbocycles. The number of benzene rings is 1. The van der Waals surface area contributed by atoms with Crippen molar-refractivity contribution >= 4 is 10.9 Å². The van der Waals surface area contributed by atoms with Crippen molar-refractivity contribution in [2.24, 2.45) is 0 Å². The Morgan fingerprint density at radius 2 is 1.72 bits per heavy atom. The van der Waals surface area contributed by atoms with Crippen LogP contribution >= 0.6 is 0 Å². The average Bonchev–Trinajstić information content (AvgIpc) is 2.48. The monoisotopic (exact) mass is 242 g/mol. The van der Waals surface area contributed by atoms with Gasteiger partial charge in [-0.1, -0.05) is 18.2 Å². The van der Waals surface area contributed by atoms with Gasteiger partial charge in [-0.2, -0.15) is 5.06 Å². The van der Waals surface area contributed by atoms with E-state index in [2.05, 4.69) is 11.1 Å². The zero-order valence-corrected chi connectivity index (χ0v) is 11.2. The van der Waals surface area contributed by atoms with Gasteiger partial charge in [0.1, 0.15) is 0 Å². The second-order valence-corrected chi connectivity index (χ2v) is 5.99. The summed E-state index contributed by atoms with van der Waals surface area (Å²) in [4.78, 5) is 4.51. The molecule has 0 fully saturated rings. The highest BCUT2D eigenvalue weighted by atomic mass is 16.5. The fourth-order valence-electron chi connectivity index (χ4n) is 3.18. The Bertz CT molecular complexity index is 631. The quantitative estimate of drug-likeness (QED) is 0.769. The van der Waals surface area contributed by atoms with Gasteiger partial charge in [-0.3, -0.25) is 4.98 Å². The Hall–Kier alpha value is -1.45. The van der Waals surface area contributed by atoms with Crippen molar-refractivity contribution in [2.75, 3.05) is 0 Å². The second-order valence-electron chi connectivity index (χ2n) is 5.99. The standard InChI is InChI=1S/C15H18N2O/c1-14(2)11-9-16-12-8-6-5-7-10(12)13(11)15(3,4)17(14)18/h5-9,18H,1-4H3. The number of aromatic nitrogens is 1. The molecule has 3 rings (SSSR count).